The van der Waals surface area contributed by atoms with Crippen LogP contribution in [0.2, 0.25) is 0 Å². The van der Waals surface area contributed by atoms with Gasteiger partial charge < -0.3 is 9.47 Å². The second-order valence-electron chi connectivity index (χ2n) is 4.63. The Labute approximate surface area is 108 Å². The zero-order chi connectivity index (χ0) is 13.5. The lowest BCUT2D eigenvalue weighted by Crippen LogP contribution is -2.50. The maximum atomic E-state index is 11.7. The number of rotatable bonds is 5. The van der Waals surface area contributed by atoms with Crippen molar-refractivity contribution in [3.8, 4) is 0 Å². The number of carbonyl (C=O) groups is 2. The molecule has 0 N–H and O–H groups in total. The molecule has 1 saturated heterocycles. The van der Waals surface area contributed by atoms with E-state index >= 15 is 0 Å². The molecule has 0 aromatic carbocycles. The van der Waals surface area contributed by atoms with E-state index < -0.39 is 0 Å². The quantitative estimate of drug-likeness (QED) is 0.696. The fourth-order valence-corrected chi connectivity index (χ4v) is 2.45. The third-order valence-corrected chi connectivity index (χ3v) is 3.35. The maximum Gasteiger partial charge on any atom is 0.323 e. The minimum atomic E-state index is -0.215. The lowest BCUT2D eigenvalue weighted by molar-refractivity contribution is -0.152. The number of nitrogens with zero attached hydrogens (tertiary/aromatic N) is 1. The first-order chi connectivity index (χ1) is 8.60. The molecule has 0 bridgehead atoms. The molecule has 5 heteroatoms. The summed E-state index contributed by atoms with van der Waals surface area (Å²) in [6, 6.07) is -0.207. The molecule has 0 saturated carbocycles. The van der Waals surface area contributed by atoms with Crippen LogP contribution < -0.4 is 0 Å². The molecule has 0 aromatic heterocycles. The molecule has 104 valence electrons. The molecular weight excluding hydrogens is 234 g/mol. The number of carbonyl (C=O) groups excluding carboxylic acids is 2. The number of hydrogen-bond donors (Lipinski definition) is 0. The first-order valence-corrected chi connectivity index (χ1v) is 6.59. The second kappa shape index (κ2) is 7.36. The van der Waals surface area contributed by atoms with Crippen LogP contribution in [0.5, 0.6) is 0 Å². The van der Waals surface area contributed by atoms with Crippen molar-refractivity contribution in [2.75, 3.05) is 20.3 Å². The first kappa shape index (κ1) is 15.0. The molecule has 18 heavy (non-hydrogen) atoms. The highest BCUT2D eigenvalue weighted by Gasteiger charge is 2.33. The van der Waals surface area contributed by atoms with Gasteiger partial charge in [0.2, 0.25) is 0 Å². The van der Waals surface area contributed by atoms with Crippen LogP contribution in [-0.4, -0.2) is 49.2 Å². The Morgan fingerprint density at radius 2 is 2.11 bits per heavy atom. The van der Waals surface area contributed by atoms with Crippen molar-refractivity contribution in [3.05, 3.63) is 0 Å². The van der Waals surface area contributed by atoms with Gasteiger partial charge in [0, 0.05) is 6.04 Å². The maximum absolute atomic E-state index is 11.7. The van der Waals surface area contributed by atoms with Gasteiger partial charge in [0.15, 0.2) is 0 Å². The summed E-state index contributed by atoms with van der Waals surface area (Å²) < 4.78 is 9.77. The highest BCUT2D eigenvalue weighted by molar-refractivity contribution is 5.76. The number of piperidine rings is 1. The van der Waals surface area contributed by atoms with Crippen molar-refractivity contribution in [1.29, 1.82) is 0 Å². The van der Waals surface area contributed by atoms with Crippen molar-refractivity contribution in [2.45, 2.75) is 51.6 Å². The summed E-state index contributed by atoms with van der Waals surface area (Å²) in [5.74, 6) is -0.412. The van der Waals surface area contributed by atoms with E-state index in [-0.39, 0.29) is 24.0 Å². The predicted octanol–water partition coefficient (Wildman–Crippen LogP) is 1.36. The van der Waals surface area contributed by atoms with Gasteiger partial charge in [-0.05, 0) is 33.2 Å². The van der Waals surface area contributed by atoms with Gasteiger partial charge in [0.25, 0.3) is 0 Å². The molecule has 1 heterocycles. The summed E-state index contributed by atoms with van der Waals surface area (Å²) in [6.45, 7) is 4.98. The average molecular weight is 257 g/mol. The van der Waals surface area contributed by atoms with Crippen LogP contribution in [0, 0.1) is 0 Å². The highest BCUT2D eigenvalue weighted by atomic mass is 16.5. The van der Waals surface area contributed by atoms with Crippen LogP contribution >= 0.6 is 0 Å². The minimum Gasteiger partial charge on any atom is -0.468 e. The van der Waals surface area contributed by atoms with Crippen LogP contribution in [-0.2, 0) is 19.1 Å². The standard InChI is InChI=1S/C13H23NO4/c1-4-18-12(15)9-10(2)14-8-6-5-7-11(14)13(16)17-3/h10-11H,4-9H2,1-3H3. The molecule has 0 radical (unpaired) electrons. The largest absolute Gasteiger partial charge is 0.468 e. The Hall–Kier alpha value is -1.10. The second-order valence-corrected chi connectivity index (χ2v) is 4.63. The predicted molar refractivity (Wildman–Crippen MR) is 67.1 cm³/mol. The van der Waals surface area contributed by atoms with Crippen LogP contribution in [0.3, 0.4) is 0 Å². The molecule has 0 aliphatic carbocycles. The number of ether oxygens (including phenoxy) is 2. The molecular formula is C13H23NO4. The van der Waals surface area contributed by atoms with Crippen LogP contribution in [0.15, 0.2) is 0 Å². The third kappa shape index (κ3) is 3.98. The monoisotopic (exact) mass is 257 g/mol. The summed E-state index contributed by atoms with van der Waals surface area (Å²) in [4.78, 5) is 25.3. The normalized spacial score (nSPS) is 22.3. The summed E-state index contributed by atoms with van der Waals surface area (Å²) in [5.41, 5.74) is 0. The molecule has 2 unspecified atom stereocenters. The van der Waals surface area contributed by atoms with Gasteiger partial charge in [-0.1, -0.05) is 6.42 Å². The topological polar surface area (TPSA) is 55.8 Å². The van der Waals surface area contributed by atoms with Gasteiger partial charge in [0.1, 0.15) is 6.04 Å². The van der Waals surface area contributed by atoms with Crippen molar-refractivity contribution in [1.82, 2.24) is 4.90 Å². The zero-order valence-electron chi connectivity index (χ0n) is 11.5. The zero-order valence-corrected chi connectivity index (χ0v) is 11.5. The van der Waals surface area contributed by atoms with E-state index in [1.54, 1.807) is 6.92 Å². The third-order valence-electron chi connectivity index (χ3n) is 3.35. The summed E-state index contributed by atoms with van der Waals surface area (Å²) in [5, 5.41) is 0. The molecule has 1 aliphatic heterocycles. The SMILES string of the molecule is CCOC(=O)CC(C)N1CCCCC1C(=O)OC. The lowest BCUT2D eigenvalue weighted by atomic mass is 9.99. The van der Waals surface area contributed by atoms with E-state index in [0.717, 1.165) is 25.8 Å². The molecule has 0 spiro atoms. The van der Waals surface area contributed by atoms with Gasteiger partial charge in [-0.15, -0.1) is 0 Å². The van der Waals surface area contributed by atoms with Crippen molar-refractivity contribution < 1.29 is 19.1 Å². The number of methoxy groups -OCH3 is 1. The Kier molecular flexibility index (Phi) is 6.12. The van der Waals surface area contributed by atoms with E-state index in [2.05, 4.69) is 4.90 Å². The molecule has 1 aliphatic rings. The number of likely N-dealkylation sites (tertiary alicyclic amines) is 1. The van der Waals surface area contributed by atoms with Gasteiger partial charge in [-0.2, -0.15) is 0 Å². The summed E-state index contributed by atoms with van der Waals surface area (Å²) in [6.07, 6.45) is 3.21. The lowest BCUT2D eigenvalue weighted by Gasteiger charge is -2.37. The van der Waals surface area contributed by atoms with Crippen molar-refractivity contribution >= 4 is 11.9 Å². The van der Waals surface area contributed by atoms with Gasteiger partial charge in [-0.25, -0.2) is 0 Å². The van der Waals surface area contributed by atoms with Crippen LogP contribution in [0.4, 0.5) is 0 Å². The van der Waals surface area contributed by atoms with Crippen molar-refractivity contribution in [3.63, 3.8) is 0 Å². The molecule has 5 nitrogen and oxygen atoms in total. The van der Waals surface area contributed by atoms with E-state index in [1.807, 2.05) is 6.92 Å². The van der Waals surface area contributed by atoms with Crippen LogP contribution in [0.25, 0.3) is 0 Å². The Morgan fingerprint density at radius 3 is 2.72 bits per heavy atom. The fourth-order valence-electron chi connectivity index (χ4n) is 2.45. The molecule has 0 aromatic rings. The van der Waals surface area contributed by atoms with Crippen LogP contribution in [0.1, 0.15) is 39.5 Å². The molecule has 0 amide bonds. The molecule has 1 rings (SSSR count). The molecule has 1 fully saturated rings. The van der Waals surface area contributed by atoms with E-state index in [0.29, 0.717) is 13.0 Å². The molecule has 2 atom stereocenters. The Bertz CT molecular complexity index is 293. The summed E-state index contributed by atoms with van der Waals surface area (Å²) >= 11 is 0. The van der Waals surface area contributed by atoms with Gasteiger partial charge >= 0.3 is 11.9 Å². The number of esters is 2. The van der Waals surface area contributed by atoms with Gasteiger partial charge in [-0.3, -0.25) is 14.5 Å². The Morgan fingerprint density at radius 1 is 1.39 bits per heavy atom. The smallest absolute Gasteiger partial charge is 0.323 e. The first-order valence-electron chi connectivity index (χ1n) is 6.59. The number of hydrogen-bond acceptors (Lipinski definition) is 5. The fraction of sp³-hybridized carbons (Fsp3) is 0.846. The van der Waals surface area contributed by atoms with Gasteiger partial charge in [0.05, 0.1) is 20.1 Å². The summed E-state index contributed by atoms with van der Waals surface area (Å²) in [7, 11) is 1.41. The minimum absolute atomic E-state index is 0.00782. The Balaban J connectivity index is 2.59. The average Bonchev–Trinajstić information content (AvgIpc) is 2.38. The van der Waals surface area contributed by atoms with E-state index in [1.165, 1.54) is 7.11 Å². The van der Waals surface area contributed by atoms with E-state index in [4.69, 9.17) is 9.47 Å². The van der Waals surface area contributed by atoms with Crippen molar-refractivity contribution in [2.24, 2.45) is 0 Å². The van der Waals surface area contributed by atoms with E-state index in [9.17, 15) is 9.59 Å². The highest BCUT2D eigenvalue weighted by Crippen LogP contribution is 2.22.